The Balaban J connectivity index is 5.53. The second kappa shape index (κ2) is 16.3. The van der Waals surface area contributed by atoms with E-state index in [9.17, 15) is 29.1 Å². The van der Waals surface area contributed by atoms with E-state index in [0.717, 1.165) is 0 Å². The molecule has 14 nitrogen and oxygen atoms in total. The largest absolute Gasteiger partial charge is 0.480 e. The highest BCUT2D eigenvalue weighted by atomic mass is 16.4. The molecule has 206 valence electrons. The van der Waals surface area contributed by atoms with Gasteiger partial charge in [-0.2, -0.15) is 0 Å². The summed E-state index contributed by atoms with van der Waals surface area (Å²) in [6.07, 6.45) is 0.266. The van der Waals surface area contributed by atoms with E-state index in [1.807, 2.05) is 13.8 Å². The van der Waals surface area contributed by atoms with E-state index in [1.54, 1.807) is 13.8 Å². The second-order valence-electron chi connectivity index (χ2n) is 9.37. The maximum Gasteiger partial charge on any atom is 0.326 e. The molecule has 0 radical (unpaired) electrons. The fourth-order valence-corrected chi connectivity index (χ4v) is 3.13. The van der Waals surface area contributed by atoms with Gasteiger partial charge < -0.3 is 44.0 Å². The number of amides is 4. The van der Waals surface area contributed by atoms with Crippen LogP contribution < -0.4 is 38.9 Å². The average Bonchev–Trinajstić information content (AvgIpc) is 2.76. The number of hydrogen-bond acceptors (Lipinski definition) is 7. The lowest BCUT2D eigenvalue weighted by Gasteiger charge is -2.26. The van der Waals surface area contributed by atoms with Crippen LogP contribution in [0.5, 0.6) is 0 Å². The summed E-state index contributed by atoms with van der Waals surface area (Å²) in [6.45, 7) is 7.31. The lowest BCUT2D eigenvalue weighted by Crippen LogP contribution is -2.57. The van der Waals surface area contributed by atoms with E-state index >= 15 is 0 Å². The Morgan fingerprint density at radius 1 is 0.806 bits per heavy atom. The highest BCUT2D eigenvalue weighted by Crippen LogP contribution is 2.09. The predicted molar refractivity (Wildman–Crippen MR) is 134 cm³/mol. The molecule has 0 aliphatic carbocycles. The number of hydrogen-bond donors (Lipinski definition) is 8. The SMILES string of the molecule is CC(C)CC(NC(=O)C(CCC(N)=O)NC(=O)C(N)C(C)C)C(=O)NC(CCCN=C(N)N)C(=O)O. The van der Waals surface area contributed by atoms with Crippen molar-refractivity contribution >= 4 is 35.6 Å². The molecule has 0 saturated heterocycles. The number of carbonyl (C=O) groups excluding carboxylic acids is 4. The maximum atomic E-state index is 13.0. The minimum absolute atomic E-state index is 0.0424. The maximum absolute atomic E-state index is 13.0. The molecule has 0 heterocycles. The summed E-state index contributed by atoms with van der Waals surface area (Å²) in [4.78, 5) is 65.1. The number of carboxylic acid groups (broad SMARTS) is 1. The van der Waals surface area contributed by atoms with E-state index < -0.39 is 53.8 Å². The normalized spacial score (nSPS) is 14.3. The van der Waals surface area contributed by atoms with Crippen molar-refractivity contribution in [3.63, 3.8) is 0 Å². The van der Waals surface area contributed by atoms with Crippen molar-refractivity contribution in [1.29, 1.82) is 0 Å². The summed E-state index contributed by atoms with van der Waals surface area (Å²) in [5.41, 5.74) is 21.5. The highest BCUT2D eigenvalue weighted by Gasteiger charge is 2.31. The van der Waals surface area contributed by atoms with Crippen molar-refractivity contribution in [1.82, 2.24) is 16.0 Å². The molecule has 0 aliphatic heterocycles. The Bertz CT molecular complexity index is 797. The second-order valence-corrected chi connectivity index (χ2v) is 9.37. The Labute approximate surface area is 211 Å². The number of aliphatic imine (C=N–C) groups is 1. The molecule has 0 aromatic rings. The molecule has 0 saturated carbocycles. The molecular weight excluding hydrogens is 472 g/mol. The van der Waals surface area contributed by atoms with Crippen LogP contribution >= 0.6 is 0 Å². The van der Waals surface area contributed by atoms with E-state index in [4.69, 9.17) is 22.9 Å². The van der Waals surface area contributed by atoms with Gasteiger partial charge in [-0.3, -0.25) is 24.2 Å². The number of guanidine groups is 1. The van der Waals surface area contributed by atoms with Gasteiger partial charge in [-0.05, 0) is 37.5 Å². The molecule has 36 heavy (non-hydrogen) atoms. The lowest BCUT2D eigenvalue weighted by molar-refractivity contribution is -0.142. The van der Waals surface area contributed by atoms with Gasteiger partial charge in [0.05, 0.1) is 6.04 Å². The summed E-state index contributed by atoms with van der Waals surface area (Å²) < 4.78 is 0. The Kier molecular flexibility index (Phi) is 14.7. The zero-order valence-electron chi connectivity index (χ0n) is 21.5. The zero-order valence-corrected chi connectivity index (χ0v) is 21.5. The fraction of sp³-hybridized carbons (Fsp3) is 0.727. The van der Waals surface area contributed by atoms with E-state index in [2.05, 4.69) is 20.9 Å². The van der Waals surface area contributed by atoms with Gasteiger partial charge in [0.1, 0.15) is 18.1 Å². The number of nitrogens with two attached hydrogens (primary N) is 4. The summed E-state index contributed by atoms with van der Waals surface area (Å²) in [7, 11) is 0. The van der Waals surface area contributed by atoms with Gasteiger partial charge in [0, 0.05) is 13.0 Å². The van der Waals surface area contributed by atoms with Gasteiger partial charge in [-0.25, -0.2) is 4.79 Å². The van der Waals surface area contributed by atoms with Gasteiger partial charge in [-0.1, -0.05) is 27.7 Å². The van der Waals surface area contributed by atoms with Crippen molar-refractivity contribution in [3.05, 3.63) is 0 Å². The lowest BCUT2D eigenvalue weighted by atomic mass is 10.0. The summed E-state index contributed by atoms with van der Waals surface area (Å²) >= 11 is 0. The van der Waals surface area contributed by atoms with Crippen LogP contribution in [0.3, 0.4) is 0 Å². The number of carboxylic acids is 1. The summed E-state index contributed by atoms with van der Waals surface area (Å²) in [6, 6.07) is -4.39. The fourth-order valence-electron chi connectivity index (χ4n) is 3.13. The number of rotatable bonds is 17. The van der Waals surface area contributed by atoms with Crippen molar-refractivity contribution in [3.8, 4) is 0 Å². The first-order valence-electron chi connectivity index (χ1n) is 11.9. The molecule has 0 fully saturated rings. The summed E-state index contributed by atoms with van der Waals surface area (Å²) in [5, 5.41) is 17.0. The third-order valence-corrected chi connectivity index (χ3v) is 5.23. The molecule has 0 aromatic carbocycles. The molecule has 0 bridgehead atoms. The molecule has 12 N–H and O–H groups in total. The molecule has 0 rings (SSSR count). The molecule has 0 spiro atoms. The Morgan fingerprint density at radius 3 is 1.81 bits per heavy atom. The third-order valence-electron chi connectivity index (χ3n) is 5.23. The van der Waals surface area contributed by atoms with Crippen LogP contribution in [-0.4, -0.2) is 71.4 Å². The van der Waals surface area contributed by atoms with Gasteiger partial charge in [-0.15, -0.1) is 0 Å². The first kappa shape index (κ1) is 32.6. The number of carbonyl (C=O) groups is 5. The van der Waals surface area contributed by atoms with Crippen LogP contribution in [0.25, 0.3) is 0 Å². The van der Waals surface area contributed by atoms with Crippen molar-refractivity contribution in [2.24, 2.45) is 39.8 Å². The zero-order chi connectivity index (χ0) is 28.0. The van der Waals surface area contributed by atoms with Crippen LogP contribution in [0, 0.1) is 11.8 Å². The molecule has 4 unspecified atom stereocenters. The van der Waals surface area contributed by atoms with E-state index in [0.29, 0.717) is 6.42 Å². The average molecular weight is 515 g/mol. The Hall–Kier alpha value is -3.42. The van der Waals surface area contributed by atoms with Crippen molar-refractivity contribution in [2.75, 3.05) is 6.54 Å². The molecular formula is C22H42N8O6. The minimum Gasteiger partial charge on any atom is -0.480 e. The number of primary amides is 1. The van der Waals surface area contributed by atoms with Gasteiger partial charge >= 0.3 is 5.97 Å². The molecule has 4 atom stereocenters. The standard InChI is InChI=1S/C22H42N8O6/c1-11(2)10-15(19(33)29-14(21(35)36)6-5-9-27-22(25)26)30-18(32)13(7-8-16(23)31)28-20(34)17(24)12(3)4/h11-15,17H,5-10,24H2,1-4H3,(H2,23,31)(H,28,34)(H,29,33)(H,30,32)(H,35,36)(H4,25,26,27). The monoisotopic (exact) mass is 514 g/mol. The number of aliphatic carboxylic acids is 1. The summed E-state index contributed by atoms with van der Waals surface area (Å²) in [5.74, 6) is -4.31. The molecule has 4 amide bonds. The number of nitrogens with zero attached hydrogens (tertiary/aromatic N) is 1. The smallest absolute Gasteiger partial charge is 0.326 e. The van der Waals surface area contributed by atoms with Crippen LogP contribution in [0.2, 0.25) is 0 Å². The minimum atomic E-state index is -1.25. The van der Waals surface area contributed by atoms with Crippen LogP contribution in [0.15, 0.2) is 4.99 Å². The van der Waals surface area contributed by atoms with Gasteiger partial charge in [0.2, 0.25) is 23.6 Å². The van der Waals surface area contributed by atoms with Crippen LogP contribution in [-0.2, 0) is 24.0 Å². The van der Waals surface area contributed by atoms with Crippen molar-refractivity contribution in [2.45, 2.75) is 84.0 Å². The predicted octanol–water partition coefficient (Wildman–Crippen LogP) is -2.13. The van der Waals surface area contributed by atoms with Gasteiger partial charge in [0.25, 0.3) is 0 Å². The highest BCUT2D eigenvalue weighted by molar-refractivity contribution is 5.94. The first-order chi connectivity index (χ1) is 16.6. The number of nitrogens with one attached hydrogen (secondary N) is 3. The molecule has 14 heteroatoms. The topological polar surface area (TPSA) is 258 Å². The van der Waals surface area contributed by atoms with Crippen molar-refractivity contribution < 1.29 is 29.1 Å². The van der Waals surface area contributed by atoms with E-state index in [-0.39, 0.29) is 50.0 Å². The van der Waals surface area contributed by atoms with E-state index in [1.165, 1.54) is 0 Å². The third kappa shape index (κ3) is 13.5. The van der Waals surface area contributed by atoms with Gasteiger partial charge in [0.15, 0.2) is 5.96 Å². The Morgan fingerprint density at radius 2 is 1.33 bits per heavy atom. The first-order valence-corrected chi connectivity index (χ1v) is 11.9. The van der Waals surface area contributed by atoms with Crippen LogP contribution in [0.4, 0.5) is 0 Å². The van der Waals surface area contributed by atoms with Crippen LogP contribution in [0.1, 0.15) is 59.8 Å². The molecule has 0 aromatic heterocycles. The molecule has 0 aliphatic rings. The quantitative estimate of drug-likeness (QED) is 0.0598.